The average molecular weight is 626 g/mol. The number of nitrogens with one attached hydrogen (secondary N) is 1. The third kappa shape index (κ3) is 6.52. The number of rotatable bonds is 11. The number of aryl methyl sites for hydroxylation is 1. The van der Waals surface area contributed by atoms with E-state index in [0.717, 1.165) is 49.4 Å². The van der Waals surface area contributed by atoms with E-state index in [1.807, 2.05) is 19.1 Å². The minimum absolute atomic E-state index is 0.0668. The van der Waals surface area contributed by atoms with Gasteiger partial charge < -0.3 is 15.4 Å². The summed E-state index contributed by atoms with van der Waals surface area (Å²) in [5.74, 6) is 0.777. The zero-order valence-corrected chi connectivity index (χ0v) is 26.6. The standard InChI is InChI=1S/C34H44ClN3O4S/c1-4-7-10-27(5-2)43(40,41)37-33(39)24-12-16-32-31(19-24)38(20-25-11-14-28(25)30(36)6-3)21-34(22-42-32)17-8-9-23-18-26(35)13-15-29(23)34/h4,6,12-13,15-16,18-19,25,27-28,30H,1,3,5,7-11,14,17,20-22,36H2,2H3,(H,37,39)/t25-,27+,28+,30-,34-/m0/s1. The molecule has 7 nitrogen and oxygen atoms in total. The van der Waals surface area contributed by atoms with Crippen molar-refractivity contribution in [3.8, 4) is 5.75 Å². The molecule has 1 saturated carbocycles. The minimum Gasteiger partial charge on any atom is -0.490 e. The number of carbonyl (C=O) groups excluding carboxylic acids is 1. The predicted octanol–water partition coefficient (Wildman–Crippen LogP) is 6.16. The van der Waals surface area contributed by atoms with Crippen LogP contribution in [0.1, 0.15) is 73.4 Å². The van der Waals surface area contributed by atoms with Crippen molar-refractivity contribution in [1.82, 2.24) is 4.72 Å². The summed E-state index contributed by atoms with van der Waals surface area (Å²) in [6, 6.07) is 11.4. The van der Waals surface area contributed by atoms with E-state index in [1.54, 1.807) is 24.3 Å². The lowest BCUT2D eigenvalue weighted by molar-refractivity contribution is 0.0981. The Hall–Kier alpha value is -2.81. The van der Waals surface area contributed by atoms with Crippen molar-refractivity contribution in [2.45, 2.75) is 75.0 Å². The molecule has 0 aromatic heterocycles. The molecule has 2 aliphatic carbocycles. The van der Waals surface area contributed by atoms with Crippen LogP contribution in [-0.2, 0) is 21.9 Å². The van der Waals surface area contributed by atoms with Gasteiger partial charge in [-0.05, 0) is 105 Å². The van der Waals surface area contributed by atoms with E-state index in [9.17, 15) is 13.2 Å². The van der Waals surface area contributed by atoms with Crippen molar-refractivity contribution in [2.24, 2.45) is 17.6 Å². The normalized spacial score (nSPS) is 24.4. The molecule has 3 aliphatic rings. The Labute approximate surface area is 261 Å². The maximum atomic E-state index is 13.4. The molecule has 2 aromatic rings. The molecule has 1 aliphatic heterocycles. The van der Waals surface area contributed by atoms with Gasteiger partial charge in [0.25, 0.3) is 5.91 Å². The van der Waals surface area contributed by atoms with E-state index in [1.165, 1.54) is 11.1 Å². The number of amides is 1. The van der Waals surface area contributed by atoms with Crippen LogP contribution in [0.2, 0.25) is 5.02 Å². The van der Waals surface area contributed by atoms with Gasteiger partial charge in [-0.15, -0.1) is 13.2 Å². The number of fused-ring (bicyclic) bond motifs is 3. The number of anilines is 1. The molecule has 9 heteroatoms. The highest BCUT2D eigenvalue weighted by molar-refractivity contribution is 7.90. The summed E-state index contributed by atoms with van der Waals surface area (Å²) < 4.78 is 35.1. The van der Waals surface area contributed by atoms with Gasteiger partial charge in [-0.25, -0.2) is 13.1 Å². The summed E-state index contributed by atoms with van der Waals surface area (Å²) in [6.45, 7) is 11.4. The summed E-state index contributed by atoms with van der Waals surface area (Å²) in [5, 5.41) is 0.0704. The van der Waals surface area contributed by atoms with E-state index >= 15 is 0 Å². The average Bonchev–Trinajstić information content (AvgIpc) is 3.12. The second kappa shape index (κ2) is 13.0. The molecule has 1 spiro atoms. The Morgan fingerprint density at radius 1 is 1.26 bits per heavy atom. The van der Waals surface area contributed by atoms with E-state index < -0.39 is 21.2 Å². The van der Waals surface area contributed by atoms with E-state index in [4.69, 9.17) is 22.1 Å². The Kier molecular flexibility index (Phi) is 9.59. The summed E-state index contributed by atoms with van der Waals surface area (Å²) in [6.07, 6.45) is 10.0. The van der Waals surface area contributed by atoms with Gasteiger partial charge in [0.05, 0.1) is 17.5 Å². The molecule has 1 amide bonds. The fourth-order valence-electron chi connectivity index (χ4n) is 7.20. The fraction of sp³-hybridized carbons (Fsp3) is 0.500. The van der Waals surface area contributed by atoms with E-state index in [0.29, 0.717) is 50.0 Å². The van der Waals surface area contributed by atoms with Crippen LogP contribution in [0.5, 0.6) is 5.75 Å². The van der Waals surface area contributed by atoms with Gasteiger partial charge >= 0.3 is 0 Å². The molecule has 3 N–H and O–H groups in total. The third-order valence-electron chi connectivity index (χ3n) is 9.82. The van der Waals surface area contributed by atoms with Crippen LogP contribution in [0, 0.1) is 11.8 Å². The number of hydrogen-bond donors (Lipinski definition) is 2. The molecule has 5 rings (SSSR count). The van der Waals surface area contributed by atoms with E-state index in [-0.39, 0.29) is 17.0 Å². The monoisotopic (exact) mass is 625 g/mol. The molecule has 0 radical (unpaired) electrons. The van der Waals surface area contributed by atoms with Gasteiger partial charge in [-0.3, -0.25) is 4.79 Å². The van der Waals surface area contributed by atoms with Crippen LogP contribution >= 0.6 is 11.6 Å². The van der Waals surface area contributed by atoms with Gasteiger partial charge in [0.2, 0.25) is 10.0 Å². The zero-order chi connectivity index (χ0) is 30.8. The number of carbonyl (C=O) groups is 1. The molecular formula is C34H44ClN3O4S. The molecule has 1 fully saturated rings. The summed E-state index contributed by atoms with van der Waals surface area (Å²) in [7, 11) is -3.85. The van der Waals surface area contributed by atoms with Gasteiger partial charge in [-0.2, -0.15) is 0 Å². The number of nitrogens with two attached hydrogens (primary N) is 1. The third-order valence-corrected chi connectivity index (χ3v) is 12.0. The van der Waals surface area contributed by atoms with Gasteiger partial charge in [0, 0.05) is 35.1 Å². The maximum Gasteiger partial charge on any atom is 0.264 e. The predicted molar refractivity (Wildman–Crippen MR) is 175 cm³/mol. The number of allylic oxidation sites excluding steroid dienone is 1. The Balaban J connectivity index is 1.48. The Morgan fingerprint density at radius 3 is 2.77 bits per heavy atom. The number of ether oxygens (including phenoxy) is 1. The highest BCUT2D eigenvalue weighted by Crippen LogP contribution is 2.46. The fourth-order valence-corrected chi connectivity index (χ4v) is 8.82. The van der Waals surface area contributed by atoms with E-state index in [2.05, 4.69) is 34.9 Å². The van der Waals surface area contributed by atoms with Gasteiger partial charge in [0.15, 0.2) is 0 Å². The van der Waals surface area contributed by atoms with Gasteiger partial charge in [-0.1, -0.05) is 36.7 Å². The summed E-state index contributed by atoms with van der Waals surface area (Å²) in [5.41, 5.74) is 9.78. The number of benzene rings is 2. The lowest BCUT2D eigenvalue weighted by atomic mass is 9.68. The van der Waals surface area contributed by atoms with Crippen molar-refractivity contribution in [3.63, 3.8) is 0 Å². The smallest absolute Gasteiger partial charge is 0.264 e. The number of halogens is 1. The topological polar surface area (TPSA) is 102 Å². The molecular weight excluding hydrogens is 582 g/mol. The molecule has 5 atom stereocenters. The first-order valence-corrected chi connectivity index (χ1v) is 17.4. The molecule has 0 saturated heterocycles. The first-order valence-electron chi connectivity index (χ1n) is 15.5. The van der Waals surface area contributed by atoms with Crippen LogP contribution in [0.25, 0.3) is 0 Å². The summed E-state index contributed by atoms with van der Waals surface area (Å²) >= 11 is 6.39. The number of hydrogen-bond acceptors (Lipinski definition) is 6. The molecule has 43 heavy (non-hydrogen) atoms. The number of sulfonamides is 1. The molecule has 2 aromatic carbocycles. The molecule has 0 unspecified atom stereocenters. The number of nitrogens with zero attached hydrogens (tertiary/aromatic N) is 1. The lowest BCUT2D eigenvalue weighted by Crippen LogP contribution is -2.50. The highest BCUT2D eigenvalue weighted by atomic mass is 35.5. The first kappa shape index (κ1) is 31.6. The van der Waals surface area contributed by atoms with Gasteiger partial charge in [0.1, 0.15) is 5.75 Å². The largest absolute Gasteiger partial charge is 0.490 e. The zero-order valence-electron chi connectivity index (χ0n) is 25.1. The summed E-state index contributed by atoms with van der Waals surface area (Å²) in [4.78, 5) is 15.7. The second-order valence-electron chi connectivity index (χ2n) is 12.5. The Morgan fingerprint density at radius 2 is 2.07 bits per heavy atom. The van der Waals surface area contributed by atoms with Crippen LogP contribution in [-0.4, -0.2) is 45.3 Å². The van der Waals surface area contributed by atoms with Crippen LogP contribution in [0.4, 0.5) is 5.69 Å². The first-order chi connectivity index (χ1) is 20.6. The van der Waals surface area contributed by atoms with Crippen molar-refractivity contribution < 1.29 is 17.9 Å². The van der Waals surface area contributed by atoms with Crippen molar-refractivity contribution in [2.75, 3.05) is 24.6 Å². The van der Waals surface area contributed by atoms with Crippen molar-refractivity contribution in [1.29, 1.82) is 0 Å². The molecule has 232 valence electrons. The van der Waals surface area contributed by atoms with Crippen LogP contribution in [0.3, 0.4) is 0 Å². The minimum atomic E-state index is -3.85. The second-order valence-corrected chi connectivity index (χ2v) is 14.9. The molecule has 0 bridgehead atoms. The Bertz CT molecular complexity index is 1480. The maximum absolute atomic E-state index is 13.4. The lowest BCUT2D eigenvalue weighted by Gasteiger charge is -2.45. The highest BCUT2D eigenvalue weighted by Gasteiger charge is 2.44. The van der Waals surface area contributed by atoms with Crippen molar-refractivity contribution in [3.05, 3.63) is 83.4 Å². The quantitative estimate of drug-likeness (QED) is 0.290. The van der Waals surface area contributed by atoms with Crippen LogP contribution < -0.4 is 20.1 Å². The molecule has 1 heterocycles. The van der Waals surface area contributed by atoms with Crippen molar-refractivity contribution >= 4 is 33.2 Å². The van der Waals surface area contributed by atoms with Crippen LogP contribution in [0.15, 0.2) is 61.7 Å². The SMILES string of the molecule is C=CCC[C@@H](CC)S(=O)(=O)NC(=O)c1ccc2c(c1)N(C[C@@H]1CC[C@H]1[C@@H](N)C=C)C[C@@]1(CCCc3cc(Cl)ccc31)CO2.